The molecule has 1 aromatic heterocycles. The Kier molecular flexibility index (Phi) is 5.06. The Bertz CT molecular complexity index is 634. The van der Waals surface area contributed by atoms with Crippen molar-refractivity contribution in [3.05, 3.63) is 36.8 Å². The van der Waals surface area contributed by atoms with Gasteiger partial charge in [-0.2, -0.15) is 10.5 Å². The van der Waals surface area contributed by atoms with E-state index >= 15 is 0 Å². The fraction of sp³-hybridized carbons (Fsp3) is 0.526. The van der Waals surface area contributed by atoms with E-state index in [0.29, 0.717) is 25.0 Å². The number of nitrogens with zero attached hydrogens (tertiary/aromatic N) is 2. The minimum absolute atomic E-state index is 0.145. The Morgan fingerprint density at radius 2 is 2.22 bits per heavy atom. The Hall–Kier alpha value is -2.33. The molecule has 1 fully saturated rings. The first kappa shape index (κ1) is 17.0. The number of furan rings is 1. The van der Waals surface area contributed by atoms with E-state index in [4.69, 9.17) is 4.42 Å². The summed E-state index contributed by atoms with van der Waals surface area (Å²) in [6.45, 7) is 5.66. The van der Waals surface area contributed by atoms with Gasteiger partial charge in [0, 0.05) is 11.8 Å². The average Bonchev–Trinajstić information content (AvgIpc) is 3.10. The molecule has 0 bridgehead atoms. The maximum Gasteiger partial charge on any atom is 0.158 e. The van der Waals surface area contributed by atoms with E-state index in [2.05, 4.69) is 18.7 Å². The monoisotopic (exact) mass is 310 g/mol. The summed E-state index contributed by atoms with van der Waals surface area (Å²) < 4.78 is 5.59. The molecule has 0 aliphatic heterocycles. The van der Waals surface area contributed by atoms with Crippen LogP contribution in [0.1, 0.15) is 57.1 Å². The number of nitriles is 2. The lowest BCUT2D eigenvalue weighted by atomic mass is 9.54. The fourth-order valence-electron chi connectivity index (χ4n) is 4.03. The highest BCUT2D eigenvalue weighted by atomic mass is 16.3. The minimum atomic E-state index is -1.34. The molecule has 4 heteroatoms. The molecule has 1 aliphatic rings. The zero-order valence-corrected chi connectivity index (χ0v) is 13.5. The van der Waals surface area contributed by atoms with Gasteiger partial charge in [0.25, 0.3) is 0 Å². The highest BCUT2D eigenvalue weighted by molar-refractivity contribution is 5.87. The maximum absolute atomic E-state index is 12.9. The third-order valence-electron chi connectivity index (χ3n) is 5.20. The molecule has 0 unspecified atom stereocenters. The molecule has 0 aromatic carbocycles. The molecular weight excluding hydrogens is 288 g/mol. The van der Waals surface area contributed by atoms with E-state index in [9.17, 15) is 15.3 Å². The number of carbonyl (C=O) groups excluding carboxylic acids is 1. The van der Waals surface area contributed by atoms with E-state index in [1.54, 1.807) is 18.2 Å². The molecule has 2 rings (SSSR count). The van der Waals surface area contributed by atoms with Crippen molar-refractivity contribution in [1.82, 2.24) is 0 Å². The summed E-state index contributed by atoms with van der Waals surface area (Å²) in [5.74, 6) is 0.120. The lowest BCUT2D eigenvalue weighted by Gasteiger charge is -2.45. The number of carbonyl (C=O) groups is 1. The Morgan fingerprint density at radius 3 is 2.70 bits per heavy atom. The molecule has 0 amide bonds. The summed E-state index contributed by atoms with van der Waals surface area (Å²) in [6.07, 6.45) is 6.92. The lowest BCUT2D eigenvalue weighted by molar-refractivity contribution is -0.135. The SMILES string of the molecule is C=CCC(C#N)(C#N)[C@H](c1ccco1)[C@@]1(CC)CCCCC1=O. The van der Waals surface area contributed by atoms with Crippen molar-refractivity contribution in [2.45, 2.75) is 51.4 Å². The maximum atomic E-state index is 12.9. The summed E-state index contributed by atoms with van der Waals surface area (Å²) in [6, 6.07) is 7.89. The predicted octanol–water partition coefficient (Wildman–Crippen LogP) is 4.51. The highest BCUT2D eigenvalue weighted by Crippen LogP contribution is 2.56. The topological polar surface area (TPSA) is 77.8 Å². The van der Waals surface area contributed by atoms with Crippen LogP contribution in [0.5, 0.6) is 0 Å². The van der Waals surface area contributed by atoms with Gasteiger partial charge < -0.3 is 4.42 Å². The number of hydrogen-bond donors (Lipinski definition) is 0. The first-order valence-corrected chi connectivity index (χ1v) is 8.10. The van der Waals surface area contributed by atoms with Gasteiger partial charge in [0.15, 0.2) is 5.41 Å². The van der Waals surface area contributed by atoms with Crippen LogP contribution in [-0.4, -0.2) is 5.78 Å². The second kappa shape index (κ2) is 6.84. The minimum Gasteiger partial charge on any atom is -0.469 e. The molecule has 0 N–H and O–H groups in total. The second-order valence-electron chi connectivity index (χ2n) is 6.28. The van der Waals surface area contributed by atoms with E-state index in [1.165, 1.54) is 6.26 Å². The molecule has 1 aromatic rings. The second-order valence-corrected chi connectivity index (χ2v) is 6.28. The van der Waals surface area contributed by atoms with Crippen LogP contribution in [0, 0.1) is 33.5 Å². The molecule has 4 nitrogen and oxygen atoms in total. The zero-order valence-electron chi connectivity index (χ0n) is 13.5. The standard InChI is InChI=1S/C19H22N2O2/c1-3-10-18(13-20,14-21)17(15-8-7-12-23-15)19(4-2)11-6-5-9-16(19)22/h3,7-8,12,17H,1,4-6,9-11H2,2H3/t17-,19-/m0/s1. The number of hydrogen-bond acceptors (Lipinski definition) is 4. The summed E-state index contributed by atoms with van der Waals surface area (Å²) in [7, 11) is 0. The van der Waals surface area contributed by atoms with Gasteiger partial charge in [-0.05, 0) is 37.8 Å². The van der Waals surface area contributed by atoms with E-state index in [-0.39, 0.29) is 12.2 Å². The van der Waals surface area contributed by atoms with Gasteiger partial charge >= 0.3 is 0 Å². The molecule has 0 spiro atoms. The normalized spacial score (nSPS) is 22.8. The van der Waals surface area contributed by atoms with Crippen molar-refractivity contribution < 1.29 is 9.21 Å². The van der Waals surface area contributed by atoms with Gasteiger partial charge in [-0.15, -0.1) is 6.58 Å². The van der Waals surface area contributed by atoms with Crippen molar-refractivity contribution in [2.75, 3.05) is 0 Å². The molecule has 2 atom stereocenters. The number of allylic oxidation sites excluding steroid dienone is 1. The summed E-state index contributed by atoms with van der Waals surface area (Å²) in [4.78, 5) is 12.9. The fourth-order valence-corrected chi connectivity index (χ4v) is 4.03. The van der Waals surface area contributed by atoms with Gasteiger partial charge in [0.05, 0.1) is 24.3 Å². The smallest absolute Gasteiger partial charge is 0.158 e. The van der Waals surface area contributed by atoms with Gasteiger partial charge in [-0.1, -0.05) is 19.4 Å². The van der Waals surface area contributed by atoms with E-state index in [0.717, 1.165) is 12.8 Å². The first-order chi connectivity index (χ1) is 11.1. The Balaban J connectivity index is 2.68. The molecule has 1 heterocycles. The van der Waals surface area contributed by atoms with Gasteiger partial charge in [0.2, 0.25) is 0 Å². The van der Waals surface area contributed by atoms with Crippen molar-refractivity contribution in [2.24, 2.45) is 10.8 Å². The predicted molar refractivity (Wildman–Crippen MR) is 86.1 cm³/mol. The van der Waals surface area contributed by atoms with Crippen LogP contribution in [0.25, 0.3) is 0 Å². The Morgan fingerprint density at radius 1 is 1.48 bits per heavy atom. The number of Topliss-reactive ketones (excluding diaryl/α,β-unsaturated/α-hetero) is 1. The van der Waals surface area contributed by atoms with Gasteiger partial charge in [-0.25, -0.2) is 0 Å². The van der Waals surface area contributed by atoms with Crippen LogP contribution in [0.3, 0.4) is 0 Å². The van der Waals surface area contributed by atoms with Crippen LogP contribution >= 0.6 is 0 Å². The van der Waals surface area contributed by atoms with E-state index < -0.39 is 16.7 Å². The van der Waals surface area contributed by atoms with Crippen molar-refractivity contribution in [3.8, 4) is 12.1 Å². The third kappa shape index (κ3) is 2.70. The summed E-state index contributed by atoms with van der Waals surface area (Å²) in [5.41, 5.74) is -2.06. The van der Waals surface area contributed by atoms with Crippen LogP contribution in [0.15, 0.2) is 35.5 Å². The van der Waals surface area contributed by atoms with Crippen molar-refractivity contribution in [3.63, 3.8) is 0 Å². The molecule has 23 heavy (non-hydrogen) atoms. The van der Waals surface area contributed by atoms with Crippen molar-refractivity contribution in [1.29, 1.82) is 10.5 Å². The summed E-state index contributed by atoms with van der Waals surface area (Å²) in [5, 5.41) is 19.7. The molecular formula is C19H22N2O2. The number of rotatable bonds is 6. The van der Waals surface area contributed by atoms with Gasteiger partial charge in [0.1, 0.15) is 11.5 Å². The molecule has 0 saturated heterocycles. The molecule has 0 radical (unpaired) electrons. The quantitative estimate of drug-likeness (QED) is 0.724. The van der Waals surface area contributed by atoms with Gasteiger partial charge in [-0.3, -0.25) is 4.79 Å². The average molecular weight is 310 g/mol. The largest absolute Gasteiger partial charge is 0.469 e. The molecule has 120 valence electrons. The first-order valence-electron chi connectivity index (χ1n) is 8.10. The Labute approximate surface area is 137 Å². The van der Waals surface area contributed by atoms with Crippen molar-refractivity contribution >= 4 is 5.78 Å². The lowest BCUT2D eigenvalue weighted by Crippen LogP contribution is -2.46. The van der Waals surface area contributed by atoms with Crippen LogP contribution in [-0.2, 0) is 4.79 Å². The summed E-state index contributed by atoms with van der Waals surface area (Å²) >= 11 is 0. The molecule has 1 aliphatic carbocycles. The van der Waals surface area contributed by atoms with E-state index in [1.807, 2.05) is 6.92 Å². The highest BCUT2D eigenvalue weighted by Gasteiger charge is 2.56. The third-order valence-corrected chi connectivity index (χ3v) is 5.20. The van der Waals surface area contributed by atoms with Crippen LogP contribution in [0.2, 0.25) is 0 Å². The zero-order chi connectivity index (χ0) is 16.9. The van der Waals surface area contributed by atoms with Crippen LogP contribution < -0.4 is 0 Å². The number of ketones is 1. The van der Waals surface area contributed by atoms with Crippen LogP contribution in [0.4, 0.5) is 0 Å². The molecule has 1 saturated carbocycles.